The van der Waals surface area contributed by atoms with Crippen molar-refractivity contribution < 1.29 is 9.90 Å². The summed E-state index contributed by atoms with van der Waals surface area (Å²) in [6, 6.07) is 6.59. The molecule has 1 aliphatic heterocycles. The number of rotatable bonds is 3. The first kappa shape index (κ1) is 15.6. The molecule has 0 radical (unpaired) electrons. The highest BCUT2D eigenvalue weighted by atomic mass is 32.1. The van der Waals surface area contributed by atoms with E-state index in [9.17, 15) is 14.7 Å². The van der Waals surface area contributed by atoms with Gasteiger partial charge in [0.05, 0.1) is 5.56 Å². The molecule has 23 heavy (non-hydrogen) atoms. The van der Waals surface area contributed by atoms with Gasteiger partial charge in [-0.3, -0.25) is 9.59 Å². The Morgan fingerprint density at radius 2 is 2.22 bits per heavy atom. The normalized spacial score (nSPS) is 16.8. The van der Waals surface area contributed by atoms with E-state index in [1.54, 1.807) is 24.3 Å². The van der Waals surface area contributed by atoms with Gasteiger partial charge in [0.1, 0.15) is 17.4 Å². The van der Waals surface area contributed by atoms with Crippen LogP contribution in [0.15, 0.2) is 29.1 Å². The van der Waals surface area contributed by atoms with Crippen molar-refractivity contribution in [3.05, 3.63) is 51.6 Å². The van der Waals surface area contributed by atoms with Crippen LogP contribution in [0, 0.1) is 0 Å². The molecule has 120 valence electrons. The highest BCUT2D eigenvalue weighted by Gasteiger charge is 2.32. The molecule has 1 aromatic heterocycles. The molecule has 2 N–H and O–H groups in total. The van der Waals surface area contributed by atoms with Crippen molar-refractivity contribution in [2.75, 3.05) is 5.32 Å². The van der Waals surface area contributed by atoms with Crippen molar-refractivity contribution in [1.82, 2.24) is 8.96 Å². The van der Waals surface area contributed by atoms with Crippen LogP contribution in [0.25, 0.3) is 0 Å². The fourth-order valence-electron chi connectivity index (χ4n) is 2.86. The lowest BCUT2D eigenvalue weighted by Crippen LogP contribution is -2.34. The standard InChI is InChI=1S/C16H17N3O3S/c1-2-4-12-17-15-14(16(22)19(12)23)11(8-13(21)18-15)9-5-3-6-10(20)7-9/h3,5-7,11,20,23H,2,4,8H2,1H3,(H,18,21). The number of aryl methyl sites for hydroxylation is 1. The molecule has 1 atom stereocenters. The van der Waals surface area contributed by atoms with E-state index in [0.29, 0.717) is 29.2 Å². The summed E-state index contributed by atoms with van der Waals surface area (Å²) in [6.07, 6.45) is 1.54. The van der Waals surface area contributed by atoms with Crippen LogP contribution >= 0.6 is 12.8 Å². The van der Waals surface area contributed by atoms with Crippen LogP contribution in [0.1, 0.15) is 42.6 Å². The lowest BCUT2D eigenvalue weighted by Gasteiger charge is -2.25. The van der Waals surface area contributed by atoms with Crippen molar-refractivity contribution in [3.63, 3.8) is 0 Å². The SMILES string of the molecule is CCCc1nc2c(c(=O)n1S)C(c1cccc(O)c1)CC(=O)N2. The summed E-state index contributed by atoms with van der Waals surface area (Å²) in [5, 5.41) is 12.4. The molecule has 3 rings (SSSR count). The van der Waals surface area contributed by atoms with Gasteiger partial charge in [-0.1, -0.05) is 31.9 Å². The van der Waals surface area contributed by atoms with E-state index < -0.39 is 5.92 Å². The molecule has 7 heteroatoms. The van der Waals surface area contributed by atoms with Gasteiger partial charge in [0.25, 0.3) is 5.56 Å². The number of fused-ring (bicyclic) bond motifs is 1. The average Bonchev–Trinajstić information content (AvgIpc) is 2.51. The highest BCUT2D eigenvalue weighted by molar-refractivity contribution is 7.78. The predicted octanol–water partition coefficient (Wildman–Crippen LogP) is 2.07. The van der Waals surface area contributed by atoms with Gasteiger partial charge in [0.2, 0.25) is 5.91 Å². The molecule has 0 fully saturated rings. The van der Waals surface area contributed by atoms with Crippen LogP contribution in [0.4, 0.5) is 5.82 Å². The van der Waals surface area contributed by atoms with E-state index in [1.165, 1.54) is 3.97 Å². The number of nitrogens with one attached hydrogen (secondary N) is 1. The molecular weight excluding hydrogens is 314 g/mol. The van der Waals surface area contributed by atoms with Crippen LogP contribution in [0.3, 0.4) is 0 Å². The number of amides is 1. The molecule has 0 saturated carbocycles. The number of hydrogen-bond acceptors (Lipinski definition) is 5. The van der Waals surface area contributed by atoms with Gasteiger partial charge in [0, 0.05) is 18.8 Å². The monoisotopic (exact) mass is 331 g/mol. The Bertz CT molecular complexity index is 832. The smallest absolute Gasteiger partial charge is 0.269 e. The van der Waals surface area contributed by atoms with E-state index in [2.05, 4.69) is 23.1 Å². The number of nitrogens with zero attached hydrogens (tertiary/aromatic N) is 2. The zero-order valence-electron chi connectivity index (χ0n) is 12.6. The summed E-state index contributed by atoms with van der Waals surface area (Å²) < 4.78 is 1.25. The number of phenols is 1. The molecule has 1 aliphatic rings. The second-order valence-electron chi connectivity index (χ2n) is 5.56. The molecule has 2 aromatic rings. The summed E-state index contributed by atoms with van der Waals surface area (Å²) in [4.78, 5) is 29.1. The minimum absolute atomic E-state index is 0.0943. The maximum Gasteiger partial charge on any atom is 0.269 e. The quantitative estimate of drug-likeness (QED) is 0.752. The number of thiol groups is 1. The first-order chi connectivity index (χ1) is 11.0. The van der Waals surface area contributed by atoms with Gasteiger partial charge in [-0.15, -0.1) is 0 Å². The third-order valence-corrected chi connectivity index (χ3v) is 4.32. The molecule has 0 bridgehead atoms. The molecule has 1 unspecified atom stereocenters. The minimum atomic E-state index is -0.445. The third kappa shape index (κ3) is 2.84. The first-order valence-corrected chi connectivity index (χ1v) is 7.85. The maximum absolute atomic E-state index is 12.7. The third-order valence-electron chi connectivity index (χ3n) is 3.91. The van der Waals surface area contributed by atoms with Crippen molar-refractivity contribution in [3.8, 4) is 5.75 Å². The van der Waals surface area contributed by atoms with Gasteiger partial charge < -0.3 is 10.4 Å². The number of benzene rings is 1. The first-order valence-electron chi connectivity index (χ1n) is 7.45. The van der Waals surface area contributed by atoms with E-state index in [0.717, 1.165) is 6.42 Å². The number of anilines is 1. The van der Waals surface area contributed by atoms with Crippen molar-refractivity contribution >= 4 is 24.5 Å². The minimum Gasteiger partial charge on any atom is -0.508 e. The summed E-state index contributed by atoms with van der Waals surface area (Å²) in [5.74, 6) is 0.276. The summed E-state index contributed by atoms with van der Waals surface area (Å²) in [7, 11) is 0. The number of hydrogen-bond donors (Lipinski definition) is 3. The zero-order chi connectivity index (χ0) is 16.6. The number of carbonyl (C=O) groups is 1. The zero-order valence-corrected chi connectivity index (χ0v) is 13.5. The summed E-state index contributed by atoms with van der Waals surface area (Å²) >= 11 is 4.25. The van der Waals surface area contributed by atoms with Crippen LogP contribution in [0.5, 0.6) is 5.75 Å². The van der Waals surface area contributed by atoms with Crippen LogP contribution in [0.2, 0.25) is 0 Å². The molecule has 2 heterocycles. The number of aromatic nitrogens is 2. The lowest BCUT2D eigenvalue weighted by molar-refractivity contribution is -0.116. The molecule has 0 spiro atoms. The Morgan fingerprint density at radius 1 is 1.43 bits per heavy atom. The fraction of sp³-hybridized carbons (Fsp3) is 0.312. The molecule has 0 aliphatic carbocycles. The highest BCUT2D eigenvalue weighted by Crippen LogP contribution is 2.35. The van der Waals surface area contributed by atoms with Crippen molar-refractivity contribution in [2.45, 2.75) is 32.1 Å². The molecule has 1 amide bonds. The summed E-state index contributed by atoms with van der Waals surface area (Å²) in [5.41, 5.74) is 0.830. The second kappa shape index (κ2) is 6.08. The topological polar surface area (TPSA) is 84.2 Å². The largest absolute Gasteiger partial charge is 0.508 e. The number of carbonyl (C=O) groups excluding carboxylic acids is 1. The Hall–Kier alpha value is -2.28. The van der Waals surface area contributed by atoms with Crippen LogP contribution in [-0.2, 0) is 11.2 Å². The number of aromatic hydroxyl groups is 1. The van der Waals surface area contributed by atoms with Gasteiger partial charge in [-0.2, -0.15) is 0 Å². The van der Waals surface area contributed by atoms with Gasteiger partial charge >= 0.3 is 0 Å². The number of phenolic OH excluding ortho intramolecular Hbond substituents is 1. The Balaban J connectivity index is 2.19. The second-order valence-corrected chi connectivity index (χ2v) is 5.96. The van der Waals surface area contributed by atoms with Crippen LogP contribution in [-0.4, -0.2) is 20.0 Å². The van der Waals surface area contributed by atoms with Crippen LogP contribution < -0.4 is 10.9 Å². The van der Waals surface area contributed by atoms with Gasteiger partial charge in [0.15, 0.2) is 0 Å². The Labute approximate surface area is 138 Å². The van der Waals surface area contributed by atoms with E-state index in [1.807, 2.05) is 6.92 Å². The van der Waals surface area contributed by atoms with E-state index in [-0.39, 0.29) is 23.6 Å². The molecule has 0 saturated heterocycles. The lowest BCUT2D eigenvalue weighted by atomic mass is 9.86. The molecule has 6 nitrogen and oxygen atoms in total. The molecule has 1 aromatic carbocycles. The van der Waals surface area contributed by atoms with Gasteiger partial charge in [-0.25, -0.2) is 8.96 Å². The van der Waals surface area contributed by atoms with Crippen molar-refractivity contribution in [1.29, 1.82) is 0 Å². The maximum atomic E-state index is 12.7. The predicted molar refractivity (Wildman–Crippen MR) is 90.1 cm³/mol. The fourth-order valence-corrected chi connectivity index (χ4v) is 3.11. The average molecular weight is 331 g/mol. The van der Waals surface area contributed by atoms with Gasteiger partial charge in [-0.05, 0) is 24.1 Å². The van der Waals surface area contributed by atoms with Crippen molar-refractivity contribution in [2.24, 2.45) is 0 Å². The van der Waals surface area contributed by atoms with E-state index in [4.69, 9.17) is 0 Å². The van der Waals surface area contributed by atoms with E-state index >= 15 is 0 Å². The Morgan fingerprint density at radius 3 is 2.91 bits per heavy atom. The summed E-state index contributed by atoms with van der Waals surface area (Å²) in [6.45, 7) is 1.98. The molecular formula is C16H17N3O3S. The Kier molecular flexibility index (Phi) is 4.12.